The van der Waals surface area contributed by atoms with Crippen LogP contribution in [0.5, 0.6) is 11.5 Å². The number of fused-ring (bicyclic) bond motifs is 1. The standard InChI is InChI=1S/C25H32N2O4/c1-4-21(25(29)26-18(2)3)27(17-20-8-6-5-7-9-20)24(28)13-11-19-10-12-22-23(16-19)31-15-14-30-22/h5-10,12,16,18,21H,4,11,13-15,17H2,1-3H3,(H,26,29)/t21-/m1/s1. The fraction of sp³-hybridized carbons (Fsp3) is 0.440. The van der Waals surface area contributed by atoms with Crippen molar-refractivity contribution in [2.24, 2.45) is 0 Å². The average Bonchev–Trinajstić information content (AvgIpc) is 2.77. The highest BCUT2D eigenvalue weighted by molar-refractivity contribution is 5.87. The summed E-state index contributed by atoms with van der Waals surface area (Å²) in [7, 11) is 0. The third-order valence-electron chi connectivity index (χ3n) is 5.25. The largest absolute Gasteiger partial charge is 0.486 e. The second kappa shape index (κ2) is 10.8. The number of benzene rings is 2. The van der Waals surface area contributed by atoms with Crippen molar-refractivity contribution in [2.75, 3.05) is 13.2 Å². The third kappa shape index (κ3) is 6.23. The van der Waals surface area contributed by atoms with Crippen LogP contribution in [0.4, 0.5) is 0 Å². The highest BCUT2D eigenvalue weighted by Crippen LogP contribution is 2.31. The lowest BCUT2D eigenvalue weighted by molar-refractivity contribution is -0.141. The van der Waals surface area contributed by atoms with Gasteiger partial charge in [0, 0.05) is 19.0 Å². The van der Waals surface area contributed by atoms with E-state index in [4.69, 9.17) is 9.47 Å². The Morgan fingerprint density at radius 2 is 1.71 bits per heavy atom. The molecule has 2 amide bonds. The van der Waals surface area contributed by atoms with Crippen LogP contribution in [0.15, 0.2) is 48.5 Å². The summed E-state index contributed by atoms with van der Waals surface area (Å²) in [5, 5.41) is 2.96. The quantitative estimate of drug-likeness (QED) is 0.666. The lowest BCUT2D eigenvalue weighted by Gasteiger charge is -2.31. The van der Waals surface area contributed by atoms with Gasteiger partial charge in [0.25, 0.3) is 0 Å². The molecule has 166 valence electrons. The van der Waals surface area contributed by atoms with Gasteiger partial charge in [0.2, 0.25) is 11.8 Å². The molecule has 0 radical (unpaired) electrons. The van der Waals surface area contributed by atoms with Gasteiger partial charge in [-0.2, -0.15) is 0 Å². The Kier molecular flexibility index (Phi) is 7.93. The summed E-state index contributed by atoms with van der Waals surface area (Å²) in [6.07, 6.45) is 1.45. The molecule has 6 heteroatoms. The van der Waals surface area contributed by atoms with Crippen LogP contribution in [0.3, 0.4) is 0 Å². The maximum absolute atomic E-state index is 13.3. The smallest absolute Gasteiger partial charge is 0.243 e. The van der Waals surface area contributed by atoms with E-state index in [-0.39, 0.29) is 17.9 Å². The Hall–Kier alpha value is -3.02. The predicted octanol–water partition coefficient (Wildman–Crippen LogP) is 3.72. The van der Waals surface area contributed by atoms with Crippen molar-refractivity contribution in [3.05, 3.63) is 59.7 Å². The van der Waals surface area contributed by atoms with Gasteiger partial charge in [-0.25, -0.2) is 0 Å². The minimum atomic E-state index is -0.504. The molecule has 0 aliphatic carbocycles. The first-order valence-corrected chi connectivity index (χ1v) is 11.0. The van der Waals surface area contributed by atoms with E-state index in [0.717, 1.165) is 22.6 Å². The second-order valence-corrected chi connectivity index (χ2v) is 8.07. The number of carbonyl (C=O) groups is 2. The Balaban J connectivity index is 1.74. The van der Waals surface area contributed by atoms with Gasteiger partial charge in [0.1, 0.15) is 19.3 Å². The minimum Gasteiger partial charge on any atom is -0.486 e. The van der Waals surface area contributed by atoms with E-state index in [9.17, 15) is 9.59 Å². The molecule has 0 saturated carbocycles. The molecular formula is C25H32N2O4. The molecule has 0 fully saturated rings. The molecule has 1 atom stereocenters. The van der Waals surface area contributed by atoms with Gasteiger partial charge in [0.05, 0.1) is 0 Å². The lowest BCUT2D eigenvalue weighted by atomic mass is 10.1. The summed E-state index contributed by atoms with van der Waals surface area (Å²) < 4.78 is 11.2. The molecule has 0 unspecified atom stereocenters. The van der Waals surface area contributed by atoms with Gasteiger partial charge in [-0.1, -0.05) is 43.3 Å². The summed E-state index contributed by atoms with van der Waals surface area (Å²) in [5.74, 6) is 1.31. The summed E-state index contributed by atoms with van der Waals surface area (Å²) in [6, 6.07) is 15.1. The first-order chi connectivity index (χ1) is 15.0. The monoisotopic (exact) mass is 424 g/mol. The Morgan fingerprint density at radius 1 is 1.00 bits per heavy atom. The number of nitrogens with zero attached hydrogens (tertiary/aromatic N) is 1. The molecule has 2 aromatic carbocycles. The Bertz CT molecular complexity index is 882. The van der Waals surface area contributed by atoms with Crippen molar-refractivity contribution in [1.29, 1.82) is 0 Å². The van der Waals surface area contributed by atoms with E-state index in [1.54, 1.807) is 4.90 Å². The van der Waals surface area contributed by atoms with Crippen molar-refractivity contribution in [1.82, 2.24) is 10.2 Å². The molecule has 0 saturated heterocycles. The van der Waals surface area contributed by atoms with Gasteiger partial charge < -0.3 is 19.7 Å². The van der Waals surface area contributed by atoms with Gasteiger partial charge >= 0.3 is 0 Å². The maximum Gasteiger partial charge on any atom is 0.243 e. The SMILES string of the molecule is CC[C@H](C(=O)NC(C)C)N(Cc1ccccc1)C(=O)CCc1ccc2c(c1)OCCO2. The molecule has 2 aromatic rings. The van der Waals surface area contributed by atoms with Crippen molar-refractivity contribution in [3.8, 4) is 11.5 Å². The highest BCUT2D eigenvalue weighted by atomic mass is 16.6. The van der Waals surface area contributed by atoms with Crippen LogP contribution in [0.2, 0.25) is 0 Å². The molecule has 1 heterocycles. The summed E-state index contributed by atoms with van der Waals surface area (Å²) >= 11 is 0. The Morgan fingerprint density at radius 3 is 2.39 bits per heavy atom. The van der Waals surface area contributed by atoms with E-state index in [1.165, 1.54) is 0 Å². The fourth-order valence-electron chi connectivity index (χ4n) is 3.72. The average molecular weight is 425 g/mol. The second-order valence-electron chi connectivity index (χ2n) is 8.07. The number of nitrogens with one attached hydrogen (secondary N) is 1. The first-order valence-electron chi connectivity index (χ1n) is 11.0. The zero-order valence-electron chi connectivity index (χ0n) is 18.6. The van der Waals surface area contributed by atoms with Crippen LogP contribution in [0, 0.1) is 0 Å². The molecule has 0 bridgehead atoms. The zero-order chi connectivity index (χ0) is 22.2. The number of amides is 2. The molecule has 3 rings (SSSR count). The molecule has 0 aromatic heterocycles. The minimum absolute atomic E-state index is 0.0212. The lowest BCUT2D eigenvalue weighted by Crippen LogP contribution is -2.50. The molecule has 6 nitrogen and oxygen atoms in total. The van der Waals surface area contributed by atoms with Crippen molar-refractivity contribution >= 4 is 11.8 Å². The molecule has 0 spiro atoms. The number of ether oxygens (including phenoxy) is 2. The molecular weight excluding hydrogens is 392 g/mol. The summed E-state index contributed by atoms with van der Waals surface area (Å²) in [4.78, 5) is 27.8. The van der Waals surface area contributed by atoms with Crippen LogP contribution >= 0.6 is 0 Å². The maximum atomic E-state index is 13.3. The summed E-state index contributed by atoms with van der Waals surface area (Å²) in [6.45, 7) is 7.28. The van der Waals surface area contributed by atoms with Crippen LogP contribution < -0.4 is 14.8 Å². The zero-order valence-corrected chi connectivity index (χ0v) is 18.6. The van der Waals surface area contributed by atoms with Crippen molar-refractivity contribution in [3.63, 3.8) is 0 Å². The van der Waals surface area contributed by atoms with Crippen molar-refractivity contribution in [2.45, 2.75) is 58.7 Å². The van der Waals surface area contributed by atoms with Crippen molar-refractivity contribution < 1.29 is 19.1 Å². The van der Waals surface area contributed by atoms with E-state index in [2.05, 4.69) is 5.32 Å². The third-order valence-corrected chi connectivity index (χ3v) is 5.25. The normalized spacial score (nSPS) is 13.5. The number of hydrogen-bond donors (Lipinski definition) is 1. The number of hydrogen-bond acceptors (Lipinski definition) is 4. The van der Waals surface area contributed by atoms with Gasteiger partial charge in [-0.05, 0) is 49.9 Å². The Labute approximate surface area is 184 Å². The number of carbonyl (C=O) groups excluding carboxylic acids is 2. The number of aryl methyl sites for hydroxylation is 1. The van der Waals surface area contributed by atoms with E-state index >= 15 is 0 Å². The summed E-state index contributed by atoms with van der Waals surface area (Å²) in [5.41, 5.74) is 2.02. The van der Waals surface area contributed by atoms with Crippen LogP contribution in [0.25, 0.3) is 0 Å². The highest BCUT2D eigenvalue weighted by Gasteiger charge is 2.28. The fourth-order valence-corrected chi connectivity index (χ4v) is 3.72. The topological polar surface area (TPSA) is 67.9 Å². The molecule has 1 N–H and O–H groups in total. The van der Waals surface area contributed by atoms with Crippen LogP contribution in [0.1, 0.15) is 44.7 Å². The van der Waals surface area contributed by atoms with Gasteiger partial charge in [0.15, 0.2) is 11.5 Å². The first kappa shape index (κ1) is 22.7. The van der Waals surface area contributed by atoms with E-state index in [0.29, 0.717) is 39.0 Å². The van der Waals surface area contributed by atoms with Crippen LogP contribution in [-0.2, 0) is 22.6 Å². The van der Waals surface area contributed by atoms with Crippen LogP contribution in [-0.4, -0.2) is 42.0 Å². The molecule has 1 aliphatic rings. The molecule has 31 heavy (non-hydrogen) atoms. The van der Waals surface area contributed by atoms with E-state index in [1.807, 2.05) is 69.3 Å². The van der Waals surface area contributed by atoms with Gasteiger partial charge in [-0.3, -0.25) is 9.59 Å². The number of rotatable bonds is 9. The van der Waals surface area contributed by atoms with Gasteiger partial charge in [-0.15, -0.1) is 0 Å². The van der Waals surface area contributed by atoms with E-state index < -0.39 is 6.04 Å². The molecule has 1 aliphatic heterocycles. The predicted molar refractivity (Wildman–Crippen MR) is 120 cm³/mol.